The molecule has 1 saturated carbocycles. The molecular formula is C20H31IN4O. The number of hydrogen-bond acceptors (Lipinski definition) is 2. The van der Waals surface area contributed by atoms with E-state index < -0.39 is 0 Å². The smallest absolute Gasteiger partial charge is 0.253 e. The second-order valence-corrected chi connectivity index (χ2v) is 7.21. The Morgan fingerprint density at radius 1 is 1.19 bits per heavy atom. The quantitative estimate of drug-likeness (QED) is 0.394. The first kappa shape index (κ1) is 21.0. The first-order valence-electron chi connectivity index (χ1n) is 9.60. The first-order valence-corrected chi connectivity index (χ1v) is 9.60. The Kier molecular flexibility index (Phi) is 8.18. The number of nitrogens with zero attached hydrogens (tertiary/aromatic N) is 2. The highest BCUT2D eigenvalue weighted by atomic mass is 127. The molecule has 26 heavy (non-hydrogen) atoms. The van der Waals surface area contributed by atoms with Crippen LogP contribution in [0.4, 0.5) is 0 Å². The maximum Gasteiger partial charge on any atom is 0.253 e. The van der Waals surface area contributed by atoms with Crippen molar-refractivity contribution in [3.05, 3.63) is 35.4 Å². The van der Waals surface area contributed by atoms with E-state index >= 15 is 0 Å². The van der Waals surface area contributed by atoms with Crippen molar-refractivity contribution in [1.29, 1.82) is 0 Å². The van der Waals surface area contributed by atoms with Gasteiger partial charge >= 0.3 is 0 Å². The van der Waals surface area contributed by atoms with E-state index in [1.807, 2.05) is 29.2 Å². The van der Waals surface area contributed by atoms with Crippen molar-refractivity contribution in [3.63, 3.8) is 0 Å². The Bertz CT molecular complexity index is 611. The fourth-order valence-electron chi connectivity index (χ4n) is 3.22. The SMILES string of the molecule is CCNC(=NCc1ccc(C(=O)N2CCCCC2)cc1)NC1CC1C.I. The highest BCUT2D eigenvalue weighted by Crippen LogP contribution is 2.28. The van der Waals surface area contributed by atoms with Crippen LogP contribution in [-0.4, -0.2) is 42.4 Å². The van der Waals surface area contributed by atoms with Crippen molar-refractivity contribution in [2.45, 2.75) is 52.1 Å². The maximum absolute atomic E-state index is 12.5. The third kappa shape index (κ3) is 5.86. The summed E-state index contributed by atoms with van der Waals surface area (Å²) in [5.74, 6) is 1.78. The second-order valence-electron chi connectivity index (χ2n) is 7.21. The molecule has 1 amide bonds. The predicted octanol–water partition coefficient (Wildman–Crippen LogP) is 3.39. The normalized spacial score (nSPS) is 22.4. The molecule has 6 heteroatoms. The molecule has 1 aliphatic heterocycles. The Morgan fingerprint density at radius 3 is 2.42 bits per heavy atom. The van der Waals surface area contributed by atoms with Crippen molar-refractivity contribution in [2.75, 3.05) is 19.6 Å². The van der Waals surface area contributed by atoms with E-state index in [1.165, 1.54) is 12.8 Å². The lowest BCUT2D eigenvalue weighted by molar-refractivity contribution is 0.0724. The fourth-order valence-corrected chi connectivity index (χ4v) is 3.22. The molecule has 0 aromatic heterocycles. The zero-order valence-electron chi connectivity index (χ0n) is 15.8. The number of carbonyl (C=O) groups excluding carboxylic acids is 1. The second kappa shape index (κ2) is 10.1. The molecule has 1 aliphatic carbocycles. The van der Waals surface area contributed by atoms with Gasteiger partial charge in [0.25, 0.3) is 5.91 Å². The highest BCUT2D eigenvalue weighted by molar-refractivity contribution is 14.0. The number of aliphatic imine (C=N–C) groups is 1. The van der Waals surface area contributed by atoms with Crippen LogP contribution in [0, 0.1) is 5.92 Å². The van der Waals surface area contributed by atoms with Gasteiger partial charge in [-0.3, -0.25) is 4.79 Å². The number of likely N-dealkylation sites (tertiary alicyclic amines) is 1. The lowest BCUT2D eigenvalue weighted by Crippen LogP contribution is -2.39. The van der Waals surface area contributed by atoms with Gasteiger partial charge in [-0.2, -0.15) is 0 Å². The highest BCUT2D eigenvalue weighted by Gasteiger charge is 2.33. The zero-order valence-corrected chi connectivity index (χ0v) is 18.2. The average Bonchev–Trinajstić information content (AvgIpc) is 3.35. The molecule has 1 aromatic rings. The molecule has 0 radical (unpaired) electrons. The van der Waals surface area contributed by atoms with E-state index in [9.17, 15) is 4.79 Å². The van der Waals surface area contributed by atoms with Crippen LogP contribution < -0.4 is 10.6 Å². The zero-order chi connectivity index (χ0) is 17.6. The minimum Gasteiger partial charge on any atom is -0.357 e. The van der Waals surface area contributed by atoms with Crippen molar-refractivity contribution < 1.29 is 4.79 Å². The third-order valence-electron chi connectivity index (χ3n) is 5.04. The minimum atomic E-state index is 0. The number of piperidine rings is 1. The van der Waals surface area contributed by atoms with Crippen LogP contribution in [0.25, 0.3) is 0 Å². The molecule has 0 spiro atoms. The average molecular weight is 470 g/mol. The van der Waals surface area contributed by atoms with E-state index in [4.69, 9.17) is 0 Å². The van der Waals surface area contributed by atoms with E-state index in [0.29, 0.717) is 12.6 Å². The van der Waals surface area contributed by atoms with Gasteiger partial charge in [0.2, 0.25) is 0 Å². The Hall–Kier alpha value is -1.31. The van der Waals surface area contributed by atoms with Gasteiger partial charge in [-0.25, -0.2) is 4.99 Å². The van der Waals surface area contributed by atoms with Crippen molar-refractivity contribution in [3.8, 4) is 0 Å². The van der Waals surface area contributed by atoms with E-state index in [0.717, 1.165) is 55.5 Å². The van der Waals surface area contributed by atoms with Gasteiger partial charge in [0.15, 0.2) is 5.96 Å². The van der Waals surface area contributed by atoms with Crippen LogP contribution in [0.3, 0.4) is 0 Å². The van der Waals surface area contributed by atoms with Crippen molar-refractivity contribution >= 4 is 35.8 Å². The van der Waals surface area contributed by atoms with E-state index in [2.05, 4.69) is 29.5 Å². The van der Waals surface area contributed by atoms with Gasteiger partial charge in [0.1, 0.15) is 0 Å². The first-order chi connectivity index (χ1) is 12.2. The minimum absolute atomic E-state index is 0. The summed E-state index contributed by atoms with van der Waals surface area (Å²) in [5, 5.41) is 6.76. The molecule has 1 saturated heterocycles. The van der Waals surface area contributed by atoms with Crippen LogP contribution in [0.2, 0.25) is 0 Å². The number of benzene rings is 1. The molecule has 2 N–H and O–H groups in total. The molecule has 2 fully saturated rings. The molecule has 2 atom stereocenters. The number of nitrogens with one attached hydrogen (secondary N) is 2. The monoisotopic (exact) mass is 470 g/mol. The standard InChI is InChI=1S/C20H30N4O.HI/c1-3-21-20(23-18-13-15(18)2)22-14-16-7-9-17(10-8-16)19(25)24-11-5-4-6-12-24;/h7-10,15,18H,3-6,11-14H2,1-2H3,(H2,21,22,23);1H. The van der Waals surface area contributed by atoms with Gasteiger partial charge in [-0.15, -0.1) is 24.0 Å². The lowest BCUT2D eigenvalue weighted by Gasteiger charge is -2.26. The molecule has 3 rings (SSSR count). The summed E-state index contributed by atoms with van der Waals surface area (Å²) in [7, 11) is 0. The van der Waals surface area contributed by atoms with Gasteiger partial charge in [0, 0.05) is 31.2 Å². The summed E-state index contributed by atoms with van der Waals surface area (Å²) in [5.41, 5.74) is 1.91. The summed E-state index contributed by atoms with van der Waals surface area (Å²) in [6, 6.07) is 8.46. The van der Waals surface area contributed by atoms with Gasteiger partial charge < -0.3 is 15.5 Å². The summed E-state index contributed by atoms with van der Waals surface area (Å²) in [4.78, 5) is 19.1. The summed E-state index contributed by atoms with van der Waals surface area (Å²) >= 11 is 0. The molecule has 2 aliphatic rings. The number of amides is 1. The Labute approximate surface area is 174 Å². The molecule has 1 aromatic carbocycles. The lowest BCUT2D eigenvalue weighted by atomic mass is 10.1. The van der Waals surface area contributed by atoms with Crippen LogP contribution in [0.15, 0.2) is 29.3 Å². The largest absolute Gasteiger partial charge is 0.357 e. The number of guanidine groups is 1. The summed E-state index contributed by atoms with van der Waals surface area (Å²) < 4.78 is 0. The molecule has 2 unspecified atom stereocenters. The van der Waals surface area contributed by atoms with E-state index in [1.54, 1.807) is 0 Å². The predicted molar refractivity (Wildman–Crippen MR) is 117 cm³/mol. The maximum atomic E-state index is 12.5. The molecule has 0 bridgehead atoms. The number of halogens is 1. The fraction of sp³-hybridized carbons (Fsp3) is 0.600. The van der Waals surface area contributed by atoms with Gasteiger partial charge in [0.05, 0.1) is 6.54 Å². The Morgan fingerprint density at radius 2 is 1.85 bits per heavy atom. The van der Waals surface area contributed by atoms with Crippen molar-refractivity contribution in [1.82, 2.24) is 15.5 Å². The molecule has 144 valence electrons. The summed E-state index contributed by atoms with van der Waals surface area (Å²) in [6.07, 6.45) is 4.71. The van der Waals surface area contributed by atoms with Crippen molar-refractivity contribution in [2.24, 2.45) is 10.9 Å². The van der Waals surface area contributed by atoms with E-state index in [-0.39, 0.29) is 29.9 Å². The van der Waals surface area contributed by atoms with Crippen LogP contribution >= 0.6 is 24.0 Å². The summed E-state index contributed by atoms with van der Waals surface area (Å²) in [6.45, 7) is 7.59. The topological polar surface area (TPSA) is 56.7 Å². The number of carbonyl (C=O) groups is 1. The number of rotatable bonds is 5. The van der Waals surface area contributed by atoms with Crippen LogP contribution in [0.5, 0.6) is 0 Å². The Balaban J connectivity index is 0.00000243. The third-order valence-corrected chi connectivity index (χ3v) is 5.04. The number of hydrogen-bond donors (Lipinski definition) is 2. The van der Waals surface area contributed by atoms with Gasteiger partial charge in [-0.1, -0.05) is 19.1 Å². The van der Waals surface area contributed by atoms with Gasteiger partial charge in [-0.05, 0) is 56.2 Å². The molecule has 5 nitrogen and oxygen atoms in total. The molecular weight excluding hydrogens is 439 g/mol. The van der Waals surface area contributed by atoms with Crippen LogP contribution in [0.1, 0.15) is 55.5 Å². The molecule has 1 heterocycles. The van der Waals surface area contributed by atoms with Crippen LogP contribution in [-0.2, 0) is 6.54 Å².